The van der Waals surface area contributed by atoms with E-state index in [1.54, 1.807) is 7.11 Å². The number of hydrogen-bond donors (Lipinski definition) is 0. The molecule has 0 radical (unpaired) electrons. The maximum absolute atomic E-state index is 11.8. The van der Waals surface area contributed by atoms with Crippen LogP contribution in [-0.4, -0.2) is 34.9 Å². The van der Waals surface area contributed by atoms with E-state index >= 15 is 0 Å². The number of hydrogen-bond acceptors (Lipinski definition) is 3. The van der Waals surface area contributed by atoms with Crippen molar-refractivity contribution in [2.45, 2.75) is 52.2 Å². The summed E-state index contributed by atoms with van der Waals surface area (Å²) in [6, 6.07) is 0. The number of rotatable bonds is 5. The van der Waals surface area contributed by atoms with Crippen molar-refractivity contribution in [1.82, 2.24) is 0 Å². The average molecular weight is 272 g/mol. The van der Waals surface area contributed by atoms with Gasteiger partial charge in [0.25, 0.3) is 0 Å². The summed E-state index contributed by atoms with van der Waals surface area (Å²) in [6.45, 7) is 13.9. The monoisotopic (exact) mass is 272 g/mol. The van der Waals surface area contributed by atoms with Crippen LogP contribution in [-0.2, 0) is 14.3 Å². The molecule has 0 atom stereocenters. The Labute approximate surface area is 113 Å². The zero-order valence-electron chi connectivity index (χ0n) is 13.1. The van der Waals surface area contributed by atoms with Gasteiger partial charge < -0.3 is 9.47 Å². The van der Waals surface area contributed by atoms with Gasteiger partial charge in [0.1, 0.15) is 0 Å². The Balaban J connectivity index is 5.56. The molecule has 0 heterocycles. The van der Waals surface area contributed by atoms with Gasteiger partial charge in [0, 0.05) is 19.3 Å². The van der Waals surface area contributed by atoms with Crippen LogP contribution in [0.2, 0.25) is 18.1 Å². The van der Waals surface area contributed by atoms with Crippen LogP contribution in [0.15, 0.2) is 10.8 Å². The van der Waals surface area contributed by atoms with Crippen molar-refractivity contribution in [3.8, 4) is 0 Å². The fourth-order valence-electron chi connectivity index (χ4n) is 1.90. The molecule has 0 aromatic carbocycles. The number of carbonyl (C=O) groups excluding carboxylic acids is 1. The lowest BCUT2D eigenvalue weighted by Gasteiger charge is -2.40. The van der Waals surface area contributed by atoms with Crippen LogP contribution in [0.3, 0.4) is 0 Å². The zero-order valence-corrected chi connectivity index (χ0v) is 14.1. The van der Waals surface area contributed by atoms with Crippen molar-refractivity contribution in [2.75, 3.05) is 20.8 Å². The molecule has 0 rings (SSSR count). The van der Waals surface area contributed by atoms with Crippen LogP contribution in [0.5, 0.6) is 0 Å². The molecular weight excluding hydrogens is 244 g/mol. The Hall–Kier alpha value is -0.613. The van der Waals surface area contributed by atoms with E-state index in [4.69, 9.17) is 9.47 Å². The molecule has 0 aliphatic rings. The summed E-state index contributed by atoms with van der Waals surface area (Å²) in [5, 5.41) is 1.45. The fraction of sp³-hybridized carbons (Fsp3) is 0.786. The normalized spacial score (nSPS) is 14.2. The molecule has 0 saturated carbocycles. The highest BCUT2D eigenvalue weighted by Gasteiger charge is 2.39. The smallest absolute Gasteiger partial charge is 0.332 e. The minimum Gasteiger partial charge on any atom is -0.466 e. The van der Waals surface area contributed by atoms with Crippen LogP contribution in [0.4, 0.5) is 0 Å². The van der Waals surface area contributed by atoms with Crippen molar-refractivity contribution < 1.29 is 14.3 Å². The summed E-state index contributed by atoms with van der Waals surface area (Å²) < 4.78 is 10.0. The highest BCUT2D eigenvalue weighted by molar-refractivity contribution is 6.87. The molecule has 0 aliphatic carbocycles. The molecule has 0 aromatic rings. The van der Waals surface area contributed by atoms with Gasteiger partial charge in [-0.3, -0.25) is 0 Å². The molecule has 0 saturated heterocycles. The van der Waals surface area contributed by atoms with Crippen molar-refractivity contribution in [2.24, 2.45) is 0 Å². The minimum atomic E-state index is -1.71. The minimum absolute atomic E-state index is 0.200. The highest BCUT2D eigenvalue weighted by atomic mass is 28.3. The summed E-state index contributed by atoms with van der Waals surface area (Å²) in [4.78, 5) is 11.8. The van der Waals surface area contributed by atoms with Gasteiger partial charge in [-0.1, -0.05) is 39.1 Å². The molecule has 106 valence electrons. The second-order valence-electron chi connectivity index (χ2n) is 6.21. The standard InChI is InChI=1S/C14H28O3Si/c1-11(13(15)17-6)12(9-10-16-5)18(7,8)14(2,3)4/h9-10H2,1-8H3/b12-11-. The van der Waals surface area contributed by atoms with Crippen molar-refractivity contribution in [3.05, 3.63) is 10.8 Å². The lowest BCUT2D eigenvalue weighted by Crippen LogP contribution is -2.41. The SMILES string of the molecule is COCC/C(=C(\C)C(=O)OC)[Si](C)(C)C(C)(C)C. The zero-order chi connectivity index (χ0) is 14.6. The van der Waals surface area contributed by atoms with Crippen LogP contribution < -0.4 is 0 Å². The molecule has 0 spiro atoms. The van der Waals surface area contributed by atoms with Crippen LogP contribution in [0.25, 0.3) is 0 Å². The van der Waals surface area contributed by atoms with E-state index < -0.39 is 8.07 Å². The Kier molecular flexibility index (Phi) is 6.30. The summed E-state index contributed by atoms with van der Waals surface area (Å²) in [6.07, 6.45) is 0.813. The van der Waals surface area contributed by atoms with Gasteiger partial charge in [0.2, 0.25) is 0 Å². The molecule has 0 aliphatic heterocycles. The summed E-state index contributed by atoms with van der Waals surface area (Å²) in [5.41, 5.74) is 0.765. The maximum atomic E-state index is 11.8. The number of methoxy groups -OCH3 is 2. The van der Waals surface area contributed by atoms with E-state index in [-0.39, 0.29) is 11.0 Å². The maximum Gasteiger partial charge on any atom is 0.332 e. The van der Waals surface area contributed by atoms with Gasteiger partial charge in [0.15, 0.2) is 0 Å². The van der Waals surface area contributed by atoms with E-state index in [0.717, 1.165) is 12.0 Å². The molecule has 0 fully saturated rings. The van der Waals surface area contributed by atoms with Gasteiger partial charge in [0.05, 0.1) is 15.2 Å². The van der Waals surface area contributed by atoms with E-state index in [0.29, 0.717) is 6.61 Å². The second-order valence-corrected chi connectivity index (χ2v) is 11.6. The van der Waals surface area contributed by atoms with Gasteiger partial charge in [-0.25, -0.2) is 4.79 Å². The first-order valence-corrected chi connectivity index (χ1v) is 9.37. The number of esters is 1. The van der Waals surface area contributed by atoms with Gasteiger partial charge in [-0.05, 0) is 18.4 Å². The summed E-state index contributed by atoms with van der Waals surface area (Å²) in [7, 11) is 1.41. The van der Waals surface area contributed by atoms with Crippen LogP contribution in [0.1, 0.15) is 34.1 Å². The molecule has 0 bridgehead atoms. The highest BCUT2D eigenvalue weighted by Crippen LogP contribution is 2.42. The van der Waals surface area contributed by atoms with Crippen molar-refractivity contribution >= 4 is 14.0 Å². The lowest BCUT2D eigenvalue weighted by atomic mass is 10.2. The molecule has 0 N–H and O–H groups in total. The van der Waals surface area contributed by atoms with Crippen LogP contribution in [0, 0.1) is 0 Å². The lowest BCUT2D eigenvalue weighted by molar-refractivity contribution is -0.136. The summed E-state index contributed by atoms with van der Waals surface area (Å²) >= 11 is 0. The van der Waals surface area contributed by atoms with Gasteiger partial charge in [-0.2, -0.15) is 0 Å². The van der Waals surface area contributed by atoms with E-state index in [2.05, 4.69) is 33.9 Å². The van der Waals surface area contributed by atoms with Gasteiger partial charge >= 0.3 is 5.97 Å². The second kappa shape index (κ2) is 6.52. The first-order valence-electron chi connectivity index (χ1n) is 6.37. The largest absolute Gasteiger partial charge is 0.466 e. The van der Waals surface area contributed by atoms with E-state index in [1.165, 1.54) is 12.3 Å². The third kappa shape index (κ3) is 3.95. The Bertz CT molecular complexity index is 324. The number of carbonyl (C=O) groups is 1. The third-order valence-corrected chi connectivity index (χ3v) is 10.0. The third-order valence-electron chi connectivity index (χ3n) is 4.13. The molecule has 0 amide bonds. The first-order chi connectivity index (χ1) is 8.09. The average Bonchev–Trinajstić information content (AvgIpc) is 2.26. The predicted molar refractivity (Wildman–Crippen MR) is 78.4 cm³/mol. The number of ether oxygens (including phenoxy) is 2. The van der Waals surface area contributed by atoms with Gasteiger partial charge in [-0.15, -0.1) is 0 Å². The Morgan fingerprint density at radius 3 is 2.00 bits per heavy atom. The quantitative estimate of drug-likeness (QED) is 0.436. The Morgan fingerprint density at radius 2 is 1.67 bits per heavy atom. The van der Waals surface area contributed by atoms with E-state index in [9.17, 15) is 4.79 Å². The van der Waals surface area contributed by atoms with Crippen molar-refractivity contribution in [3.63, 3.8) is 0 Å². The molecule has 18 heavy (non-hydrogen) atoms. The molecule has 3 nitrogen and oxygen atoms in total. The Morgan fingerprint density at radius 1 is 1.17 bits per heavy atom. The first kappa shape index (κ1) is 17.4. The topological polar surface area (TPSA) is 35.5 Å². The van der Waals surface area contributed by atoms with Crippen LogP contribution >= 0.6 is 0 Å². The molecule has 4 heteroatoms. The fourth-order valence-corrected chi connectivity index (χ4v) is 4.57. The van der Waals surface area contributed by atoms with Crippen molar-refractivity contribution in [1.29, 1.82) is 0 Å². The molecule has 0 aromatic heterocycles. The molecule has 0 unspecified atom stereocenters. The molecular formula is C14H28O3Si. The van der Waals surface area contributed by atoms with E-state index in [1.807, 2.05) is 6.92 Å². The summed E-state index contributed by atoms with van der Waals surface area (Å²) in [5.74, 6) is -0.217. The predicted octanol–water partition coefficient (Wildman–Crippen LogP) is 3.56.